The zero-order chi connectivity index (χ0) is 22.3. The van der Waals surface area contributed by atoms with E-state index in [4.69, 9.17) is 4.52 Å². The number of rotatable bonds is 8. The van der Waals surface area contributed by atoms with Crippen LogP contribution in [-0.4, -0.2) is 65.1 Å². The van der Waals surface area contributed by atoms with Crippen molar-refractivity contribution in [2.24, 2.45) is 11.8 Å². The van der Waals surface area contributed by atoms with Crippen LogP contribution >= 0.6 is 0 Å². The van der Waals surface area contributed by atoms with E-state index in [1.54, 1.807) is 0 Å². The van der Waals surface area contributed by atoms with Gasteiger partial charge in [0.25, 0.3) is 0 Å². The molecule has 1 amide bonds. The SMILES string of the molecule is Cc1cccc(-c2noc(CN3CCCC(C(=O)NCCCN4CCC(C)CC4)C3)n2)c1. The maximum Gasteiger partial charge on any atom is 0.241 e. The first kappa shape index (κ1) is 22.9. The van der Waals surface area contributed by atoms with Gasteiger partial charge in [-0.3, -0.25) is 9.69 Å². The smallest absolute Gasteiger partial charge is 0.241 e. The molecule has 2 saturated heterocycles. The van der Waals surface area contributed by atoms with Crippen molar-refractivity contribution in [1.82, 2.24) is 25.3 Å². The Labute approximate surface area is 191 Å². The predicted octanol–water partition coefficient (Wildman–Crippen LogP) is 3.50. The van der Waals surface area contributed by atoms with Crippen molar-refractivity contribution in [3.63, 3.8) is 0 Å². The number of benzene rings is 1. The van der Waals surface area contributed by atoms with Crippen LogP contribution in [0.4, 0.5) is 0 Å². The lowest BCUT2D eigenvalue weighted by Gasteiger charge is -2.31. The van der Waals surface area contributed by atoms with E-state index in [0.717, 1.165) is 56.9 Å². The standard InChI is InChI=1S/C25H37N5O2/c1-19-9-14-29(15-10-19)13-5-11-26-25(31)22-8-4-12-30(17-22)18-23-27-24(28-32-23)21-7-3-6-20(2)16-21/h3,6-7,16,19,22H,4-5,8-15,17-18H2,1-2H3,(H,26,31). The number of aromatic nitrogens is 2. The summed E-state index contributed by atoms with van der Waals surface area (Å²) in [5, 5.41) is 7.32. The second kappa shape index (κ2) is 11.1. The molecule has 32 heavy (non-hydrogen) atoms. The molecule has 1 aromatic carbocycles. The molecule has 2 aliphatic rings. The van der Waals surface area contributed by atoms with Crippen molar-refractivity contribution in [3.8, 4) is 11.4 Å². The summed E-state index contributed by atoms with van der Waals surface area (Å²) in [6.45, 7) is 11.0. The molecule has 1 aromatic heterocycles. The third-order valence-corrected chi connectivity index (χ3v) is 6.81. The van der Waals surface area contributed by atoms with Crippen molar-refractivity contribution in [2.45, 2.75) is 52.5 Å². The number of likely N-dealkylation sites (tertiary alicyclic amines) is 2. The highest BCUT2D eigenvalue weighted by atomic mass is 16.5. The number of amides is 1. The van der Waals surface area contributed by atoms with E-state index < -0.39 is 0 Å². The van der Waals surface area contributed by atoms with E-state index in [2.05, 4.69) is 51.2 Å². The van der Waals surface area contributed by atoms with Crippen LogP contribution in [-0.2, 0) is 11.3 Å². The summed E-state index contributed by atoms with van der Waals surface area (Å²) < 4.78 is 5.49. The largest absolute Gasteiger partial charge is 0.356 e. The van der Waals surface area contributed by atoms with Crippen LogP contribution in [0, 0.1) is 18.8 Å². The van der Waals surface area contributed by atoms with Gasteiger partial charge in [0.2, 0.25) is 17.6 Å². The fourth-order valence-electron chi connectivity index (χ4n) is 4.77. The topological polar surface area (TPSA) is 74.5 Å². The minimum atomic E-state index is 0.0405. The third kappa shape index (κ3) is 6.39. The zero-order valence-corrected chi connectivity index (χ0v) is 19.6. The molecule has 7 nitrogen and oxygen atoms in total. The van der Waals surface area contributed by atoms with Gasteiger partial charge in [-0.05, 0) is 77.2 Å². The van der Waals surface area contributed by atoms with Crippen molar-refractivity contribution in [1.29, 1.82) is 0 Å². The van der Waals surface area contributed by atoms with E-state index in [1.165, 1.54) is 31.5 Å². The van der Waals surface area contributed by atoms with Gasteiger partial charge in [0.1, 0.15) is 0 Å². The van der Waals surface area contributed by atoms with Gasteiger partial charge < -0.3 is 14.7 Å². The lowest BCUT2D eigenvalue weighted by molar-refractivity contribution is -0.126. The number of carbonyl (C=O) groups is 1. The Balaban J connectivity index is 1.20. The lowest BCUT2D eigenvalue weighted by Crippen LogP contribution is -2.43. The molecule has 4 rings (SSSR count). The van der Waals surface area contributed by atoms with Crippen LogP contribution < -0.4 is 5.32 Å². The molecule has 0 aliphatic carbocycles. The van der Waals surface area contributed by atoms with Crippen LogP contribution in [0.5, 0.6) is 0 Å². The Morgan fingerprint density at radius 2 is 2.03 bits per heavy atom. The number of hydrogen-bond acceptors (Lipinski definition) is 6. The quantitative estimate of drug-likeness (QED) is 0.635. The molecule has 7 heteroatoms. The van der Waals surface area contributed by atoms with Gasteiger partial charge in [-0.25, -0.2) is 0 Å². The second-order valence-corrected chi connectivity index (χ2v) is 9.62. The second-order valence-electron chi connectivity index (χ2n) is 9.62. The zero-order valence-electron chi connectivity index (χ0n) is 19.6. The maximum absolute atomic E-state index is 12.7. The summed E-state index contributed by atoms with van der Waals surface area (Å²) in [6.07, 6.45) is 5.60. The minimum absolute atomic E-state index is 0.0405. The van der Waals surface area contributed by atoms with Gasteiger partial charge in [-0.2, -0.15) is 4.98 Å². The molecule has 0 bridgehead atoms. The molecule has 3 heterocycles. The van der Waals surface area contributed by atoms with E-state index in [-0.39, 0.29) is 11.8 Å². The van der Waals surface area contributed by atoms with Crippen molar-refractivity contribution in [2.75, 3.05) is 39.3 Å². The van der Waals surface area contributed by atoms with Crippen LogP contribution in [0.25, 0.3) is 11.4 Å². The molecule has 1 N–H and O–H groups in total. The molecular formula is C25H37N5O2. The maximum atomic E-state index is 12.7. The molecule has 2 fully saturated rings. The van der Waals surface area contributed by atoms with E-state index in [9.17, 15) is 4.79 Å². The Bertz CT molecular complexity index is 875. The molecule has 0 spiro atoms. The van der Waals surface area contributed by atoms with Crippen molar-refractivity contribution < 1.29 is 9.32 Å². The van der Waals surface area contributed by atoms with Crippen molar-refractivity contribution >= 4 is 5.91 Å². The number of piperidine rings is 2. The Kier molecular flexibility index (Phi) is 7.92. The summed E-state index contributed by atoms with van der Waals surface area (Å²) in [5.74, 6) is 2.32. The van der Waals surface area contributed by atoms with E-state index in [0.29, 0.717) is 18.3 Å². The molecule has 0 radical (unpaired) electrons. The molecular weight excluding hydrogens is 402 g/mol. The summed E-state index contributed by atoms with van der Waals surface area (Å²) >= 11 is 0. The number of nitrogens with zero attached hydrogens (tertiary/aromatic N) is 4. The third-order valence-electron chi connectivity index (χ3n) is 6.81. The van der Waals surface area contributed by atoms with Gasteiger partial charge >= 0.3 is 0 Å². The number of nitrogens with one attached hydrogen (secondary N) is 1. The first-order valence-electron chi connectivity index (χ1n) is 12.2. The normalized spacial score (nSPS) is 21.0. The first-order chi connectivity index (χ1) is 15.6. The van der Waals surface area contributed by atoms with Crippen molar-refractivity contribution in [3.05, 3.63) is 35.7 Å². The van der Waals surface area contributed by atoms with Gasteiger partial charge in [0.15, 0.2) is 0 Å². The van der Waals surface area contributed by atoms with Gasteiger partial charge in [-0.15, -0.1) is 0 Å². The Morgan fingerprint density at radius 3 is 2.84 bits per heavy atom. The monoisotopic (exact) mass is 439 g/mol. The van der Waals surface area contributed by atoms with E-state index >= 15 is 0 Å². The van der Waals surface area contributed by atoms with Gasteiger partial charge in [0.05, 0.1) is 12.5 Å². The summed E-state index contributed by atoms with van der Waals surface area (Å²) in [7, 11) is 0. The highest BCUT2D eigenvalue weighted by Gasteiger charge is 2.27. The molecule has 2 aliphatic heterocycles. The number of hydrogen-bond donors (Lipinski definition) is 1. The molecule has 0 saturated carbocycles. The lowest BCUT2D eigenvalue weighted by atomic mass is 9.97. The fraction of sp³-hybridized carbons (Fsp3) is 0.640. The van der Waals surface area contributed by atoms with Crippen LogP contribution in [0.15, 0.2) is 28.8 Å². The highest BCUT2D eigenvalue weighted by Crippen LogP contribution is 2.21. The minimum Gasteiger partial charge on any atom is -0.356 e. The average molecular weight is 440 g/mol. The van der Waals surface area contributed by atoms with Crippen LogP contribution in [0.2, 0.25) is 0 Å². The van der Waals surface area contributed by atoms with E-state index in [1.807, 2.05) is 12.1 Å². The summed E-state index contributed by atoms with van der Waals surface area (Å²) in [5.41, 5.74) is 2.14. The molecule has 2 aromatic rings. The Hall–Kier alpha value is -2.25. The first-order valence-corrected chi connectivity index (χ1v) is 12.2. The molecule has 1 unspecified atom stereocenters. The number of carbonyl (C=O) groups excluding carboxylic acids is 1. The van der Waals surface area contributed by atoms with Crippen LogP contribution in [0.3, 0.4) is 0 Å². The summed E-state index contributed by atoms with van der Waals surface area (Å²) in [6, 6.07) is 8.11. The molecule has 174 valence electrons. The predicted molar refractivity (Wildman–Crippen MR) is 125 cm³/mol. The number of aryl methyl sites for hydroxylation is 1. The Morgan fingerprint density at radius 1 is 1.19 bits per heavy atom. The average Bonchev–Trinajstić information content (AvgIpc) is 3.26. The molecule has 1 atom stereocenters. The van der Waals surface area contributed by atoms with Gasteiger partial charge in [0, 0.05) is 18.7 Å². The van der Waals surface area contributed by atoms with Crippen LogP contribution in [0.1, 0.15) is 50.5 Å². The highest BCUT2D eigenvalue weighted by molar-refractivity contribution is 5.78. The van der Waals surface area contributed by atoms with Gasteiger partial charge in [-0.1, -0.05) is 35.8 Å². The summed E-state index contributed by atoms with van der Waals surface area (Å²) in [4.78, 5) is 22.1. The fourth-order valence-corrected chi connectivity index (χ4v) is 4.77.